The van der Waals surface area contributed by atoms with Gasteiger partial charge in [0.2, 0.25) is 0 Å². The lowest BCUT2D eigenvalue weighted by atomic mass is 10.1. The number of ether oxygens (including phenoxy) is 2. The maximum atomic E-state index is 5.89. The number of guanidine groups is 1. The standard InChI is InChI=1S/C23H30N6O2/c1-5-24-23(28(2)16-22-26-17-27-29(22)3)25-15-14-18-6-8-20(9-7-18)31-21-12-10-19(30-4)11-13-21/h6-13,17H,5,14-16H2,1-4H3,(H,24,25). The highest BCUT2D eigenvalue weighted by atomic mass is 16.5. The van der Waals surface area contributed by atoms with Crippen molar-refractivity contribution in [3.05, 3.63) is 66.2 Å². The molecule has 0 aliphatic heterocycles. The number of aryl methyl sites for hydroxylation is 1. The molecular weight excluding hydrogens is 392 g/mol. The fourth-order valence-electron chi connectivity index (χ4n) is 3.01. The van der Waals surface area contributed by atoms with E-state index in [0.29, 0.717) is 13.1 Å². The van der Waals surface area contributed by atoms with Crippen LogP contribution in [0.3, 0.4) is 0 Å². The van der Waals surface area contributed by atoms with E-state index in [1.807, 2.05) is 50.5 Å². The molecule has 1 heterocycles. The van der Waals surface area contributed by atoms with E-state index in [1.54, 1.807) is 18.1 Å². The summed E-state index contributed by atoms with van der Waals surface area (Å²) in [6.45, 7) is 4.19. The molecule has 0 amide bonds. The Morgan fingerprint density at radius 2 is 1.71 bits per heavy atom. The summed E-state index contributed by atoms with van der Waals surface area (Å²) < 4.78 is 12.8. The van der Waals surface area contributed by atoms with Crippen LogP contribution in [0.1, 0.15) is 18.3 Å². The zero-order valence-corrected chi connectivity index (χ0v) is 18.6. The van der Waals surface area contributed by atoms with Gasteiger partial charge in [0.1, 0.15) is 29.4 Å². The second-order valence-electron chi connectivity index (χ2n) is 7.06. The Morgan fingerprint density at radius 3 is 2.29 bits per heavy atom. The molecular formula is C23H30N6O2. The minimum atomic E-state index is 0.639. The highest BCUT2D eigenvalue weighted by Gasteiger charge is 2.09. The smallest absolute Gasteiger partial charge is 0.194 e. The van der Waals surface area contributed by atoms with Crippen molar-refractivity contribution in [2.75, 3.05) is 27.2 Å². The van der Waals surface area contributed by atoms with Crippen LogP contribution in [0.5, 0.6) is 17.2 Å². The number of hydrogen-bond acceptors (Lipinski definition) is 5. The van der Waals surface area contributed by atoms with Crippen molar-refractivity contribution in [3.63, 3.8) is 0 Å². The molecule has 31 heavy (non-hydrogen) atoms. The number of aliphatic imine (C=N–C) groups is 1. The molecule has 0 atom stereocenters. The van der Waals surface area contributed by atoms with Crippen molar-refractivity contribution in [3.8, 4) is 17.2 Å². The topological polar surface area (TPSA) is 76.8 Å². The summed E-state index contributed by atoms with van der Waals surface area (Å²) in [4.78, 5) is 11.1. The Bertz CT molecular complexity index is 966. The van der Waals surface area contributed by atoms with E-state index in [1.165, 1.54) is 5.56 Å². The Morgan fingerprint density at radius 1 is 1.06 bits per heavy atom. The van der Waals surface area contributed by atoms with Crippen LogP contribution in [-0.4, -0.2) is 52.9 Å². The maximum absolute atomic E-state index is 5.89. The molecule has 0 unspecified atom stereocenters. The Hall–Kier alpha value is -3.55. The van der Waals surface area contributed by atoms with E-state index in [9.17, 15) is 0 Å². The lowest BCUT2D eigenvalue weighted by Crippen LogP contribution is -2.39. The van der Waals surface area contributed by atoms with Crippen molar-refractivity contribution in [1.82, 2.24) is 25.0 Å². The van der Waals surface area contributed by atoms with Crippen LogP contribution < -0.4 is 14.8 Å². The molecule has 2 aromatic carbocycles. The quantitative estimate of drug-likeness (QED) is 0.421. The summed E-state index contributed by atoms with van der Waals surface area (Å²) in [5, 5.41) is 7.46. The largest absolute Gasteiger partial charge is 0.497 e. The molecule has 0 saturated carbocycles. The van der Waals surface area contributed by atoms with Gasteiger partial charge in [-0.05, 0) is 55.3 Å². The molecule has 0 fully saturated rings. The minimum absolute atomic E-state index is 0.639. The number of rotatable bonds is 9. The van der Waals surface area contributed by atoms with Crippen LogP contribution in [0.4, 0.5) is 0 Å². The molecule has 0 spiro atoms. The van der Waals surface area contributed by atoms with Gasteiger partial charge in [0.25, 0.3) is 0 Å². The zero-order chi connectivity index (χ0) is 22.1. The van der Waals surface area contributed by atoms with Gasteiger partial charge >= 0.3 is 0 Å². The number of methoxy groups -OCH3 is 1. The van der Waals surface area contributed by atoms with Gasteiger partial charge in [-0.2, -0.15) is 5.10 Å². The molecule has 1 N–H and O–H groups in total. The van der Waals surface area contributed by atoms with E-state index in [4.69, 9.17) is 14.5 Å². The lowest BCUT2D eigenvalue weighted by molar-refractivity contribution is 0.413. The van der Waals surface area contributed by atoms with Crippen molar-refractivity contribution >= 4 is 5.96 Å². The summed E-state index contributed by atoms with van der Waals surface area (Å²) in [6.07, 6.45) is 2.41. The minimum Gasteiger partial charge on any atom is -0.497 e. The third kappa shape index (κ3) is 6.47. The van der Waals surface area contributed by atoms with Crippen molar-refractivity contribution in [2.45, 2.75) is 19.9 Å². The third-order valence-corrected chi connectivity index (χ3v) is 4.76. The first-order chi connectivity index (χ1) is 15.1. The van der Waals surface area contributed by atoms with Gasteiger partial charge in [-0.3, -0.25) is 9.67 Å². The normalized spacial score (nSPS) is 11.3. The first-order valence-corrected chi connectivity index (χ1v) is 10.3. The summed E-state index contributed by atoms with van der Waals surface area (Å²) in [5.74, 6) is 4.13. The summed E-state index contributed by atoms with van der Waals surface area (Å²) in [7, 11) is 5.54. The summed E-state index contributed by atoms with van der Waals surface area (Å²) >= 11 is 0. The Labute approximate surface area is 183 Å². The molecule has 3 aromatic rings. The first-order valence-electron chi connectivity index (χ1n) is 10.3. The van der Waals surface area contributed by atoms with Crippen molar-refractivity contribution in [1.29, 1.82) is 0 Å². The average molecular weight is 423 g/mol. The number of nitrogens with one attached hydrogen (secondary N) is 1. The van der Waals surface area contributed by atoms with Gasteiger partial charge in [0.05, 0.1) is 13.7 Å². The van der Waals surface area contributed by atoms with Gasteiger partial charge < -0.3 is 19.7 Å². The molecule has 8 nitrogen and oxygen atoms in total. The molecule has 8 heteroatoms. The maximum Gasteiger partial charge on any atom is 0.194 e. The lowest BCUT2D eigenvalue weighted by Gasteiger charge is -2.21. The summed E-state index contributed by atoms with van der Waals surface area (Å²) in [5.41, 5.74) is 1.21. The van der Waals surface area contributed by atoms with Crippen LogP contribution in [0.25, 0.3) is 0 Å². The van der Waals surface area contributed by atoms with Gasteiger partial charge in [-0.1, -0.05) is 12.1 Å². The summed E-state index contributed by atoms with van der Waals surface area (Å²) in [6, 6.07) is 15.6. The van der Waals surface area contributed by atoms with E-state index in [0.717, 1.165) is 42.0 Å². The molecule has 3 rings (SSSR count). The van der Waals surface area contributed by atoms with Gasteiger partial charge in [0.15, 0.2) is 5.96 Å². The SMILES string of the molecule is CCNC(=NCCc1ccc(Oc2ccc(OC)cc2)cc1)N(C)Cc1ncnn1C. The average Bonchev–Trinajstić information content (AvgIpc) is 3.19. The Kier molecular flexibility index (Phi) is 7.86. The number of aromatic nitrogens is 3. The molecule has 0 radical (unpaired) electrons. The number of hydrogen-bond donors (Lipinski definition) is 1. The zero-order valence-electron chi connectivity index (χ0n) is 18.6. The third-order valence-electron chi connectivity index (χ3n) is 4.76. The van der Waals surface area contributed by atoms with Crippen LogP contribution >= 0.6 is 0 Å². The predicted molar refractivity (Wildman–Crippen MR) is 122 cm³/mol. The number of benzene rings is 2. The monoisotopic (exact) mass is 422 g/mol. The van der Waals surface area contributed by atoms with E-state index in [-0.39, 0.29) is 0 Å². The van der Waals surface area contributed by atoms with Gasteiger partial charge in [-0.15, -0.1) is 0 Å². The number of nitrogens with zero attached hydrogens (tertiary/aromatic N) is 5. The van der Waals surface area contributed by atoms with Crippen LogP contribution in [0.2, 0.25) is 0 Å². The van der Waals surface area contributed by atoms with E-state index >= 15 is 0 Å². The second-order valence-corrected chi connectivity index (χ2v) is 7.06. The highest BCUT2D eigenvalue weighted by molar-refractivity contribution is 5.79. The molecule has 164 valence electrons. The van der Waals surface area contributed by atoms with Crippen LogP contribution in [0.15, 0.2) is 59.9 Å². The van der Waals surface area contributed by atoms with Crippen LogP contribution in [-0.2, 0) is 20.0 Å². The fourth-order valence-corrected chi connectivity index (χ4v) is 3.01. The van der Waals surface area contributed by atoms with Crippen LogP contribution in [0, 0.1) is 0 Å². The van der Waals surface area contributed by atoms with Gasteiger partial charge in [0, 0.05) is 27.2 Å². The first kappa shape index (κ1) is 22.1. The molecule has 0 bridgehead atoms. The molecule has 0 saturated heterocycles. The van der Waals surface area contributed by atoms with Crippen molar-refractivity contribution in [2.24, 2.45) is 12.0 Å². The second kappa shape index (κ2) is 11.0. The highest BCUT2D eigenvalue weighted by Crippen LogP contribution is 2.24. The Balaban J connectivity index is 1.54. The van der Waals surface area contributed by atoms with E-state index < -0.39 is 0 Å². The fraction of sp³-hybridized carbons (Fsp3) is 0.348. The molecule has 1 aromatic heterocycles. The van der Waals surface area contributed by atoms with Crippen molar-refractivity contribution < 1.29 is 9.47 Å². The van der Waals surface area contributed by atoms with Gasteiger partial charge in [-0.25, -0.2) is 4.98 Å². The predicted octanol–water partition coefficient (Wildman–Crippen LogP) is 3.26. The molecule has 0 aliphatic carbocycles. The molecule has 0 aliphatic rings. The van der Waals surface area contributed by atoms with E-state index in [2.05, 4.69) is 39.4 Å².